The van der Waals surface area contributed by atoms with Gasteiger partial charge in [-0.3, -0.25) is 0 Å². The molecule has 0 saturated heterocycles. The van der Waals surface area contributed by atoms with Crippen LogP contribution in [0.25, 0.3) is 0 Å². The van der Waals surface area contributed by atoms with E-state index in [0.717, 1.165) is 18.6 Å². The lowest BCUT2D eigenvalue weighted by Gasteiger charge is -2.24. The number of fused-ring (bicyclic) bond motifs is 1. The molecule has 2 nitrogen and oxygen atoms in total. The Balaban J connectivity index is 1.48. The number of hydrogen-bond donors (Lipinski definition) is 1. The lowest BCUT2D eigenvalue weighted by atomic mass is 9.90. The molecular formula is C25H26FNO. The number of hydrogen-bond acceptors (Lipinski definition) is 2. The molecular weight excluding hydrogens is 349 g/mol. The molecule has 2 atom stereocenters. The van der Waals surface area contributed by atoms with Crippen molar-refractivity contribution in [3.8, 4) is 11.5 Å². The zero-order valence-electron chi connectivity index (χ0n) is 16.4. The molecule has 3 aromatic rings. The quantitative estimate of drug-likeness (QED) is 0.582. The van der Waals surface area contributed by atoms with Gasteiger partial charge >= 0.3 is 0 Å². The predicted molar refractivity (Wildman–Crippen MR) is 112 cm³/mol. The van der Waals surface area contributed by atoms with Crippen molar-refractivity contribution in [1.29, 1.82) is 0 Å². The van der Waals surface area contributed by atoms with Gasteiger partial charge in [0.1, 0.15) is 17.3 Å². The smallest absolute Gasteiger partial charge is 0.127 e. The molecule has 4 rings (SSSR count). The zero-order valence-corrected chi connectivity index (χ0v) is 16.4. The standard InChI is InChI=1S/C25H26FNO/c1-17(2)27-25-16-19-5-3-4-6-23(19)24(25)15-18-7-11-21(12-8-18)28-22-13-9-20(26)10-14-22/h3-14,17,24-25,27H,15-16H2,1-2H3/t24-,25+/m1/s1. The van der Waals surface area contributed by atoms with Crippen LogP contribution in [-0.4, -0.2) is 12.1 Å². The Kier molecular flexibility index (Phi) is 5.45. The number of rotatable bonds is 6. The van der Waals surface area contributed by atoms with E-state index in [4.69, 9.17) is 4.74 Å². The maximum atomic E-state index is 13.0. The van der Waals surface area contributed by atoms with Gasteiger partial charge in [0.05, 0.1) is 0 Å². The molecule has 0 bridgehead atoms. The van der Waals surface area contributed by atoms with E-state index in [2.05, 4.69) is 55.6 Å². The summed E-state index contributed by atoms with van der Waals surface area (Å²) in [6.45, 7) is 4.42. The van der Waals surface area contributed by atoms with Gasteiger partial charge in [-0.05, 0) is 65.9 Å². The molecule has 0 aromatic heterocycles. The van der Waals surface area contributed by atoms with E-state index in [-0.39, 0.29) is 5.82 Å². The molecule has 0 radical (unpaired) electrons. The molecule has 3 aromatic carbocycles. The fourth-order valence-corrected chi connectivity index (χ4v) is 4.12. The Bertz CT molecular complexity index is 918. The maximum absolute atomic E-state index is 13.0. The summed E-state index contributed by atoms with van der Waals surface area (Å²) in [5, 5.41) is 3.75. The monoisotopic (exact) mass is 375 g/mol. The average molecular weight is 375 g/mol. The van der Waals surface area contributed by atoms with Crippen molar-refractivity contribution in [1.82, 2.24) is 5.32 Å². The van der Waals surface area contributed by atoms with Crippen molar-refractivity contribution < 1.29 is 9.13 Å². The minimum Gasteiger partial charge on any atom is -0.457 e. The van der Waals surface area contributed by atoms with Gasteiger partial charge in [0.2, 0.25) is 0 Å². The molecule has 0 saturated carbocycles. The van der Waals surface area contributed by atoms with Gasteiger partial charge in [-0.1, -0.05) is 50.2 Å². The fourth-order valence-electron chi connectivity index (χ4n) is 4.12. The molecule has 144 valence electrons. The molecule has 0 amide bonds. The molecule has 28 heavy (non-hydrogen) atoms. The lowest BCUT2D eigenvalue weighted by molar-refractivity contribution is 0.418. The number of ether oxygens (including phenoxy) is 1. The van der Waals surface area contributed by atoms with E-state index >= 15 is 0 Å². The van der Waals surface area contributed by atoms with Crippen LogP contribution >= 0.6 is 0 Å². The first-order chi connectivity index (χ1) is 13.6. The summed E-state index contributed by atoms with van der Waals surface area (Å²) >= 11 is 0. The summed E-state index contributed by atoms with van der Waals surface area (Å²) in [5.41, 5.74) is 4.22. The molecule has 0 fully saturated rings. The number of halogens is 1. The molecule has 0 aliphatic heterocycles. The molecule has 0 unspecified atom stereocenters. The Morgan fingerprint density at radius 3 is 2.25 bits per heavy atom. The van der Waals surface area contributed by atoms with Gasteiger partial charge in [-0.15, -0.1) is 0 Å². The van der Waals surface area contributed by atoms with E-state index in [1.165, 1.54) is 28.8 Å². The van der Waals surface area contributed by atoms with Crippen molar-refractivity contribution >= 4 is 0 Å². The van der Waals surface area contributed by atoms with E-state index in [0.29, 0.717) is 23.8 Å². The summed E-state index contributed by atoms with van der Waals surface area (Å²) in [7, 11) is 0. The van der Waals surface area contributed by atoms with E-state index in [1.807, 2.05) is 12.1 Å². The topological polar surface area (TPSA) is 21.3 Å². The van der Waals surface area contributed by atoms with Crippen LogP contribution in [0.4, 0.5) is 4.39 Å². The van der Waals surface area contributed by atoms with Crippen molar-refractivity contribution in [2.24, 2.45) is 0 Å². The van der Waals surface area contributed by atoms with Crippen LogP contribution in [0, 0.1) is 5.82 Å². The summed E-state index contributed by atoms with van der Waals surface area (Å²) in [4.78, 5) is 0. The van der Waals surface area contributed by atoms with Crippen LogP contribution in [0.1, 0.15) is 36.5 Å². The third-order valence-corrected chi connectivity index (χ3v) is 5.36. The SMILES string of the molecule is CC(C)N[C@H]1Cc2ccccc2[C@H]1Cc1ccc(Oc2ccc(F)cc2)cc1. The van der Waals surface area contributed by atoms with Crippen molar-refractivity contribution in [3.05, 3.63) is 95.3 Å². The maximum Gasteiger partial charge on any atom is 0.127 e. The van der Waals surface area contributed by atoms with Gasteiger partial charge in [0, 0.05) is 18.0 Å². The van der Waals surface area contributed by atoms with Crippen LogP contribution in [0.2, 0.25) is 0 Å². The van der Waals surface area contributed by atoms with Gasteiger partial charge in [-0.2, -0.15) is 0 Å². The summed E-state index contributed by atoms with van der Waals surface area (Å²) in [6.07, 6.45) is 2.09. The largest absolute Gasteiger partial charge is 0.457 e. The van der Waals surface area contributed by atoms with E-state index in [1.54, 1.807) is 12.1 Å². The molecule has 0 spiro atoms. The Labute approximate surface area is 166 Å². The van der Waals surface area contributed by atoms with Crippen molar-refractivity contribution in [2.75, 3.05) is 0 Å². The Morgan fingerprint density at radius 2 is 1.57 bits per heavy atom. The lowest BCUT2D eigenvalue weighted by Crippen LogP contribution is -2.38. The molecule has 3 heteroatoms. The molecule has 1 aliphatic carbocycles. The van der Waals surface area contributed by atoms with Crippen molar-refractivity contribution in [3.63, 3.8) is 0 Å². The molecule has 0 heterocycles. The number of benzene rings is 3. The minimum atomic E-state index is -0.260. The van der Waals surface area contributed by atoms with Crippen molar-refractivity contribution in [2.45, 2.75) is 44.7 Å². The van der Waals surface area contributed by atoms with Gasteiger partial charge in [0.25, 0.3) is 0 Å². The molecule has 1 aliphatic rings. The second-order valence-electron chi connectivity index (χ2n) is 7.84. The first-order valence-corrected chi connectivity index (χ1v) is 9.94. The van der Waals surface area contributed by atoms with Gasteiger partial charge in [-0.25, -0.2) is 4.39 Å². The fraction of sp³-hybridized carbons (Fsp3) is 0.280. The summed E-state index contributed by atoms with van der Waals surface area (Å²) < 4.78 is 18.8. The Hall–Kier alpha value is -2.65. The summed E-state index contributed by atoms with van der Waals surface area (Å²) in [5.74, 6) is 1.62. The third-order valence-electron chi connectivity index (χ3n) is 5.36. The highest BCUT2D eigenvalue weighted by atomic mass is 19.1. The van der Waals surface area contributed by atoms with Crippen LogP contribution < -0.4 is 10.1 Å². The second-order valence-corrected chi connectivity index (χ2v) is 7.84. The second kappa shape index (κ2) is 8.15. The van der Waals surface area contributed by atoms with Crippen LogP contribution in [0.3, 0.4) is 0 Å². The van der Waals surface area contributed by atoms with Crippen LogP contribution in [0.5, 0.6) is 11.5 Å². The zero-order chi connectivity index (χ0) is 19.5. The minimum absolute atomic E-state index is 0.260. The van der Waals surface area contributed by atoms with Crippen LogP contribution in [0.15, 0.2) is 72.8 Å². The average Bonchev–Trinajstić information content (AvgIpc) is 3.02. The van der Waals surface area contributed by atoms with E-state index in [9.17, 15) is 4.39 Å². The summed E-state index contributed by atoms with van der Waals surface area (Å²) in [6, 6.07) is 24.1. The van der Waals surface area contributed by atoms with Gasteiger partial charge in [0.15, 0.2) is 0 Å². The highest BCUT2D eigenvalue weighted by molar-refractivity contribution is 5.40. The first kappa shape index (κ1) is 18.7. The third kappa shape index (κ3) is 4.26. The first-order valence-electron chi connectivity index (χ1n) is 9.94. The van der Waals surface area contributed by atoms with Gasteiger partial charge < -0.3 is 10.1 Å². The number of nitrogens with one attached hydrogen (secondary N) is 1. The predicted octanol–water partition coefficient (Wildman–Crippen LogP) is 5.87. The highest BCUT2D eigenvalue weighted by Crippen LogP contribution is 2.36. The Morgan fingerprint density at radius 1 is 0.929 bits per heavy atom. The normalized spacial score (nSPS) is 18.3. The highest BCUT2D eigenvalue weighted by Gasteiger charge is 2.32. The molecule has 1 N–H and O–H groups in total. The van der Waals surface area contributed by atoms with E-state index < -0.39 is 0 Å². The van der Waals surface area contributed by atoms with Crippen LogP contribution in [-0.2, 0) is 12.8 Å².